The Morgan fingerprint density at radius 1 is 1.57 bits per heavy atom. The fraction of sp³-hybridized carbons (Fsp3) is 0.364. The third-order valence-electron chi connectivity index (χ3n) is 2.00. The van der Waals surface area contributed by atoms with Crippen molar-refractivity contribution in [2.45, 2.75) is 26.3 Å². The van der Waals surface area contributed by atoms with Gasteiger partial charge >= 0.3 is 0 Å². The molecule has 0 saturated heterocycles. The zero-order chi connectivity index (χ0) is 10.8. The fourth-order valence-electron chi connectivity index (χ4n) is 1.00. The van der Waals surface area contributed by atoms with Gasteiger partial charge in [-0.25, -0.2) is 4.98 Å². The van der Waals surface area contributed by atoms with Crippen molar-refractivity contribution < 1.29 is 0 Å². The Morgan fingerprint density at radius 2 is 2.21 bits per heavy atom. The van der Waals surface area contributed by atoms with Crippen molar-refractivity contribution in [3.05, 3.63) is 17.8 Å². The summed E-state index contributed by atoms with van der Waals surface area (Å²) in [5, 5.41) is 3.10. The van der Waals surface area contributed by atoms with Crippen molar-refractivity contribution in [1.82, 2.24) is 4.98 Å². The van der Waals surface area contributed by atoms with E-state index in [-0.39, 0.29) is 0 Å². The largest absolute Gasteiger partial charge is 0.396 e. The van der Waals surface area contributed by atoms with Crippen LogP contribution in [-0.2, 0) is 0 Å². The van der Waals surface area contributed by atoms with E-state index in [0.717, 1.165) is 5.56 Å². The van der Waals surface area contributed by atoms with E-state index in [1.807, 2.05) is 26.8 Å². The maximum Gasteiger partial charge on any atom is 0.150 e. The number of hydrogen-bond acceptors (Lipinski definition) is 3. The fourth-order valence-corrected chi connectivity index (χ4v) is 1.00. The van der Waals surface area contributed by atoms with Crippen LogP contribution < -0.4 is 11.1 Å². The molecule has 3 N–H and O–H groups in total. The van der Waals surface area contributed by atoms with Crippen LogP contribution in [0.1, 0.15) is 19.4 Å². The Balaban J connectivity index is 3.00. The summed E-state index contributed by atoms with van der Waals surface area (Å²) in [6.07, 6.45) is 7.07. The van der Waals surface area contributed by atoms with E-state index in [0.29, 0.717) is 11.5 Å². The Bertz CT molecular complexity index is 375. The van der Waals surface area contributed by atoms with Crippen LogP contribution in [0.2, 0.25) is 0 Å². The van der Waals surface area contributed by atoms with Crippen molar-refractivity contribution in [3.8, 4) is 12.3 Å². The number of aryl methyl sites for hydroxylation is 1. The number of aromatic nitrogens is 1. The third-order valence-corrected chi connectivity index (χ3v) is 2.00. The first-order valence-corrected chi connectivity index (χ1v) is 4.43. The van der Waals surface area contributed by atoms with Crippen molar-refractivity contribution in [1.29, 1.82) is 0 Å². The van der Waals surface area contributed by atoms with Gasteiger partial charge in [0.25, 0.3) is 0 Å². The summed E-state index contributed by atoms with van der Waals surface area (Å²) < 4.78 is 0. The number of nitrogen functional groups attached to an aromatic ring is 1. The first kappa shape index (κ1) is 10.4. The second-order valence-corrected chi connectivity index (χ2v) is 3.78. The highest BCUT2D eigenvalue weighted by molar-refractivity contribution is 5.66. The minimum atomic E-state index is -0.436. The van der Waals surface area contributed by atoms with Gasteiger partial charge in [0.15, 0.2) is 5.82 Å². The summed E-state index contributed by atoms with van der Waals surface area (Å²) in [6.45, 7) is 5.73. The molecule has 1 rings (SSSR count). The third kappa shape index (κ3) is 2.17. The van der Waals surface area contributed by atoms with Gasteiger partial charge in [0.2, 0.25) is 0 Å². The van der Waals surface area contributed by atoms with E-state index in [2.05, 4.69) is 16.2 Å². The van der Waals surface area contributed by atoms with Crippen LogP contribution in [-0.4, -0.2) is 10.5 Å². The molecule has 0 aliphatic carbocycles. The number of nitrogens with two attached hydrogens (primary N) is 1. The smallest absolute Gasteiger partial charge is 0.150 e. The number of terminal acetylenes is 1. The molecule has 0 aliphatic heterocycles. The van der Waals surface area contributed by atoms with Crippen LogP contribution in [0.5, 0.6) is 0 Å². The van der Waals surface area contributed by atoms with Gasteiger partial charge in [0, 0.05) is 6.20 Å². The molecule has 0 fully saturated rings. The molecular weight excluding hydrogens is 174 g/mol. The molecule has 74 valence electrons. The normalized spacial score (nSPS) is 10.7. The minimum absolute atomic E-state index is 0.436. The number of nitrogens with one attached hydrogen (secondary N) is 1. The molecule has 0 unspecified atom stereocenters. The van der Waals surface area contributed by atoms with Crippen LogP contribution in [0, 0.1) is 19.3 Å². The zero-order valence-corrected chi connectivity index (χ0v) is 8.76. The summed E-state index contributed by atoms with van der Waals surface area (Å²) in [4.78, 5) is 4.14. The summed E-state index contributed by atoms with van der Waals surface area (Å²) in [5.41, 5.74) is 7.06. The number of rotatable bonds is 2. The molecule has 0 aromatic carbocycles. The average Bonchev–Trinajstić information content (AvgIpc) is 2.13. The molecule has 0 amide bonds. The van der Waals surface area contributed by atoms with E-state index in [9.17, 15) is 0 Å². The highest BCUT2D eigenvalue weighted by Gasteiger charge is 2.15. The van der Waals surface area contributed by atoms with E-state index >= 15 is 0 Å². The van der Waals surface area contributed by atoms with Crippen molar-refractivity contribution in [2.75, 3.05) is 11.1 Å². The van der Waals surface area contributed by atoms with Gasteiger partial charge in [-0.05, 0) is 32.4 Å². The lowest BCUT2D eigenvalue weighted by atomic mass is 10.1. The standard InChI is InChI=1S/C11H15N3/c1-5-11(3,4)14-10-9(12)8(2)6-7-13-10/h1,6-7H,12H2,2-4H3,(H,13,14). The number of pyridine rings is 1. The highest BCUT2D eigenvalue weighted by atomic mass is 15.1. The summed E-state index contributed by atoms with van der Waals surface area (Å²) in [5.74, 6) is 3.28. The average molecular weight is 189 g/mol. The first-order valence-electron chi connectivity index (χ1n) is 4.43. The number of anilines is 2. The lowest BCUT2D eigenvalue weighted by molar-refractivity contribution is 0.736. The Kier molecular flexibility index (Phi) is 2.66. The molecule has 0 spiro atoms. The minimum Gasteiger partial charge on any atom is -0.396 e. The molecule has 3 nitrogen and oxygen atoms in total. The number of hydrogen-bond donors (Lipinski definition) is 2. The van der Waals surface area contributed by atoms with Gasteiger partial charge in [-0.1, -0.05) is 5.92 Å². The second kappa shape index (κ2) is 3.59. The molecule has 0 bridgehead atoms. The van der Waals surface area contributed by atoms with Crippen LogP contribution in [0.15, 0.2) is 12.3 Å². The summed E-state index contributed by atoms with van der Waals surface area (Å²) in [6, 6.07) is 1.86. The monoisotopic (exact) mass is 189 g/mol. The van der Waals surface area contributed by atoms with Gasteiger partial charge in [-0.3, -0.25) is 0 Å². The molecule has 3 heteroatoms. The molecule has 14 heavy (non-hydrogen) atoms. The SMILES string of the molecule is C#CC(C)(C)Nc1nccc(C)c1N. The van der Waals surface area contributed by atoms with E-state index < -0.39 is 5.54 Å². The Morgan fingerprint density at radius 3 is 2.79 bits per heavy atom. The van der Waals surface area contributed by atoms with Crippen LogP contribution >= 0.6 is 0 Å². The van der Waals surface area contributed by atoms with Gasteiger partial charge < -0.3 is 11.1 Å². The van der Waals surface area contributed by atoms with Gasteiger partial charge in [0.1, 0.15) is 0 Å². The maximum atomic E-state index is 5.85. The molecule has 0 aliphatic rings. The quantitative estimate of drug-likeness (QED) is 0.697. The molecule has 1 aromatic heterocycles. The number of nitrogens with zero attached hydrogens (tertiary/aromatic N) is 1. The zero-order valence-electron chi connectivity index (χ0n) is 8.76. The highest BCUT2D eigenvalue weighted by Crippen LogP contribution is 2.21. The second-order valence-electron chi connectivity index (χ2n) is 3.78. The molecule has 0 radical (unpaired) electrons. The molecular formula is C11H15N3. The van der Waals surface area contributed by atoms with E-state index in [1.54, 1.807) is 6.20 Å². The van der Waals surface area contributed by atoms with Crippen LogP contribution in [0.25, 0.3) is 0 Å². The maximum absolute atomic E-state index is 5.85. The lowest BCUT2D eigenvalue weighted by Crippen LogP contribution is -2.29. The predicted octanol–water partition coefficient (Wildman–Crippen LogP) is 1.80. The van der Waals surface area contributed by atoms with Gasteiger partial charge in [-0.2, -0.15) is 0 Å². The van der Waals surface area contributed by atoms with Crippen molar-refractivity contribution in [2.24, 2.45) is 0 Å². The van der Waals surface area contributed by atoms with E-state index in [1.165, 1.54) is 0 Å². The van der Waals surface area contributed by atoms with Gasteiger partial charge in [0.05, 0.1) is 11.2 Å². The molecule has 0 saturated carbocycles. The van der Waals surface area contributed by atoms with Crippen molar-refractivity contribution >= 4 is 11.5 Å². The van der Waals surface area contributed by atoms with Crippen molar-refractivity contribution in [3.63, 3.8) is 0 Å². The molecule has 1 aromatic rings. The summed E-state index contributed by atoms with van der Waals surface area (Å²) >= 11 is 0. The van der Waals surface area contributed by atoms with Crippen LogP contribution in [0.3, 0.4) is 0 Å². The summed E-state index contributed by atoms with van der Waals surface area (Å²) in [7, 11) is 0. The van der Waals surface area contributed by atoms with E-state index in [4.69, 9.17) is 12.2 Å². The lowest BCUT2D eigenvalue weighted by Gasteiger charge is -2.21. The topological polar surface area (TPSA) is 50.9 Å². The van der Waals surface area contributed by atoms with Gasteiger partial charge in [-0.15, -0.1) is 6.42 Å². The predicted molar refractivity (Wildman–Crippen MR) is 59.9 cm³/mol. The molecule has 0 atom stereocenters. The van der Waals surface area contributed by atoms with Crippen LogP contribution in [0.4, 0.5) is 11.5 Å². The molecule has 1 heterocycles. The first-order chi connectivity index (χ1) is 6.46. The Labute approximate surface area is 84.7 Å². The Hall–Kier alpha value is -1.69.